The largest absolute Gasteiger partial charge is 0.303 e. The zero-order valence-electron chi connectivity index (χ0n) is 11.0. The van der Waals surface area contributed by atoms with Crippen molar-refractivity contribution in [2.75, 3.05) is 0 Å². The van der Waals surface area contributed by atoms with E-state index in [1.165, 1.54) is 4.57 Å². The van der Waals surface area contributed by atoms with Gasteiger partial charge in [0.05, 0.1) is 0 Å². The first-order chi connectivity index (χ1) is 8.74. The summed E-state index contributed by atoms with van der Waals surface area (Å²) in [6.07, 6.45) is 0. The minimum absolute atomic E-state index is 0.230. The van der Waals surface area contributed by atoms with Gasteiger partial charge >= 0.3 is 0 Å². The lowest BCUT2D eigenvalue weighted by Gasteiger charge is -2.24. The maximum atomic E-state index is 11.4. The van der Waals surface area contributed by atoms with Gasteiger partial charge in [-0.05, 0) is 19.4 Å². The molecular formula is C12H16N4O2S. The highest BCUT2D eigenvalue weighted by atomic mass is 32.2. The number of hydrogen-bond donors (Lipinski definition) is 1. The summed E-state index contributed by atoms with van der Waals surface area (Å²) in [6.45, 7) is 3.92. The minimum Gasteiger partial charge on any atom is -0.303 e. The standard InChI is InChI=1S/C12H16N4O2S/c1-12(2,9-7-5-4-6-8-9)10-14-15-11(16(10)3)19(13,17)18/h4-8H,1-3H3,(H2,13,17,18). The fraction of sp³-hybridized carbons (Fsp3) is 0.333. The number of sulfonamides is 1. The van der Waals surface area contributed by atoms with Gasteiger partial charge in [0.1, 0.15) is 5.82 Å². The van der Waals surface area contributed by atoms with Crippen molar-refractivity contribution in [2.45, 2.75) is 24.4 Å². The van der Waals surface area contributed by atoms with E-state index in [1.807, 2.05) is 44.2 Å². The molecule has 1 aromatic carbocycles. The third kappa shape index (κ3) is 2.39. The second kappa shape index (κ2) is 4.43. The maximum absolute atomic E-state index is 11.4. The molecule has 0 saturated heterocycles. The first kappa shape index (κ1) is 13.7. The van der Waals surface area contributed by atoms with Crippen molar-refractivity contribution in [1.82, 2.24) is 14.8 Å². The third-order valence-electron chi connectivity index (χ3n) is 3.14. The number of hydrogen-bond acceptors (Lipinski definition) is 4. The highest BCUT2D eigenvalue weighted by molar-refractivity contribution is 7.89. The highest BCUT2D eigenvalue weighted by Gasteiger charge is 2.31. The predicted octanol–water partition coefficient (Wildman–Crippen LogP) is 0.788. The van der Waals surface area contributed by atoms with Gasteiger partial charge in [-0.1, -0.05) is 30.3 Å². The number of nitrogens with two attached hydrogens (primary N) is 1. The van der Waals surface area contributed by atoms with Crippen LogP contribution in [-0.2, 0) is 22.5 Å². The molecule has 0 radical (unpaired) electrons. The van der Waals surface area contributed by atoms with Crippen LogP contribution in [0.5, 0.6) is 0 Å². The van der Waals surface area contributed by atoms with Crippen molar-refractivity contribution in [3.63, 3.8) is 0 Å². The smallest absolute Gasteiger partial charge is 0.273 e. The van der Waals surface area contributed by atoms with E-state index in [9.17, 15) is 8.42 Å². The van der Waals surface area contributed by atoms with Gasteiger partial charge in [-0.15, -0.1) is 10.2 Å². The average molecular weight is 280 g/mol. The lowest BCUT2D eigenvalue weighted by molar-refractivity contribution is 0.541. The zero-order chi connectivity index (χ0) is 14.3. The quantitative estimate of drug-likeness (QED) is 0.899. The average Bonchev–Trinajstić information content (AvgIpc) is 2.72. The fourth-order valence-corrected chi connectivity index (χ4v) is 2.71. The highest BCUT2D eigenvalue weighted by Crippen LogP contribution is 2.30. The summed E-state index contributed by atoms with van der Waals surface area (Å²) in [7, 11) is -2.27. The summed E-state index contributed by atoms with van der Waals surface area (Å²) in [6, 6.07) is 9.70. The molecule has 0 atom stereocenters. The topological polar surface area (TPSA) is 90.9 Å². The van der Waals surface area contributed by atoms with Crippen LogP contribution in [0.4, 0.5) is 0 Å². The molecule has 2 aromatic rings. The number of aromatic nitrogens is 3. The molecule has 0 aliphatic carbocycles. The number of rotatable bonds is 3. The van der Waals surface area contributed by atoms with Gasteiger partial charge in [0.15, 0.2) is 0 Å². The molecule has 0 amide bonds. The summed E-state index contributed by atoms with van der Waals surface area (Å²) in [4.78, 5) is 0. The fourth-order valence-electron chi connectivity index (χ4n) is 2.09. The first-order valence-corrected chi connectivity index (χ1v) is 7.27. The molecule has 2 rings (SSSR count). The minimum atomic E-state index is -3.87. The molecule has 102 valence electrons. The molecular weight excluding hydrogens is 264 g/mol. The lowest BCUT2D eigenvalue weighted by Crippen LogP contribution is -2.25. The summed E-state index contributed by atoms with van der Waals surface area (Å²) in [5.41, 5.74) is 0.554. The number of benzene rings is 1. The molecule has 1 heterocycles. The van der Waals surface area contributed by atoms with Crippen LogP contribution in [0.1, 0.15) is 25.2 Å². The summed E-state index contributed by atoms with van der Waals surface area (Å²) < 4.78 is 24.2. The van der Waals surface area contributed by atoms with Gasteiger partial charge in [0.25, 0.3) is 15.2 Å². The molecule has 2 N–H and O–H groups in total. The molecule has 0 aliphatic heterocycles. The van der Waals surface area contributed by atoms with E-state index in [1.54, 1.807) is 7.05 Å². The van der Waals surface area contributed by atoms with E-state index in [2.05, 4.69) is 10.2 Å². The van der Waals surface area contributed by atoms with Crippen LogP contribution in [0.25, 0.3) is 0 Å². The van der Waals surface area contributed by atoms with E-state index in [-0.39, 0.29) is 5.16 Å². The Hall–Kier alpha value is -1.73. The monoisotopic (exact) mass is 280 g/mol. The summed E-state index contributed by atoms with van der Waals surface area (Å²) in [5.74, 6) is 0.544. The molecule has 0 saturated carbocycles. The van der Waals surface area contributed by atoms with E-state index in [0.29, 0.717) is 5.82 Å². The molecule has 19 heavy (non-hydrogen) atoms. The van der Waals surface area contributed by atoms with Gasteiger partial charge in [-0.25, -0.2) is 13.6 Å². The Kier molecular flexibility index (Phi) is 3.19. The van der Waals surface area contributed by atoms with Crippen molar-refractivity contribution in [1.29, 1.82) is 0 Å². The second-order valence-corrected chi connectivity index (χ2v) is 6.36. The SMILES string of the molecule is Cn1c(C(C)(C)c2ccccc2)nnc1S(N)(=O)=O. The van der Waals surface area contributed by atoms with E-state index in [0.717, 1.165) is 5.56 Å². The van der Waals surface area contributed by atoms with E-state index in [4.69, 9.17) is 5.14 Å². The normalized spacial score (nSPS) is 12.6. The van der Waals surface area contributed by atoms with Gasteiger partial charge in [-0.2, -0.15) is 0 Å². The van der Waals surface area contributed by atoms with Crippen LogP contribution < -0.4 is 5.14 Å². The van der Waals surface area contributed by atoms with Crippen molar-refractivity contribution in [2.24, 2.45) is 12.2 Å². The molecule has 0 bridgehead atoms. The second-order valence-electron chi connectivity index (χ2n) is 4.90. The molecule has 1 aromatic heterocycles. The van der Waals surface area contributed by atoms with Crippen molar-refractivity contribution < 1.29 is 8.42 Å². The van der Waals surface area contributed by atoms with Gasteiger partial charge in [0, 0.05) is 12.5 Å². The Bertz CT molecular complexity index is 690. The Morgan fingerprint density at radius 2 is 1.74 bits per heavy atom. The Morgan fingerprint density at radius 3 is 2.21 bits per heavy atom. The van der Waals surface area contributed by atoms with Crippen LogP contribution in [-0.4, -0.2) is 23.2 Å². The number of nitrogens with zero attached hydrogens (tertiary/aromatic N) is 3. The van der Waals surface area contributed by atoms with Crippen molar-refractivity contribution in [3.8, 4) is 0 Å². The van der Waals surface area contributed by atoms with Gasteiger partial charge in [-0.3, -0.25) is 0 Å². The van der Waals surface area contributed by atoms with Gasteiger partial charge < -0.3 is 4.57 Å². The van der Waals surface area contributed by atoms with Gasteiger partial charge in [0.2, 0.25) is 0 Å². The molecule has 0 spiro atoms. The predicted molar refractivity (Wildman–Crippen MR) is 70.9 cm³/mol. The van der Waals surface area contributed by atoms with Crippen LogP contribution in [0.15, 0.2) is 35.5 Å². The molecule has 0 unspecified atom stereocenters. The summed E-state index contributed by atoms with van der Waals surface area (Å²) in [5, 5.41) is 12.5. The first-order valence-electron chi connectivity index (χ1n) is 5.73. The molecule has 7 heteroatoms. The zero-order valence-corrected chi connectivity index (χ0v) is 11.8. The van der Waals surface area contributed by atoms with Crippen molar-refractivity contribution in [3.05, 3.63) is 41.7 Å². The maximum Gasteiger partial charge on any atom is 0.273 e. The molecule has 0 aliphatic rings. The van der Waals surface area contributed by atoms with E-state index >= 15 is 0 Å². The molecule has 6 nitrogen and oxygen atoms in total. The Labute approximate surface area is 112 Å². The van der Waals surface area contributed by atoms with E-state index < -0.39 is 15.4 Å². The van der Waals surface area contributed by atoms with Crippen LogP contribution in [0.2, 0.25) is 0 Å². The third-order valence-corrected chi connectivity index (χ3v) is 4.01. The Morgan fingerprint density at radius 1 is 1.16 bits per heavy atom. The van der Waals surface area contributed by atoms with Crippen LogP contribution in [0, 0.1) is 0 Å². The summed E-state index contributed by atoms with van der Waals surface area (Å²) >= 11 is 0. The van der Waals surface area contributed by atoms with Crippen LogP contribution >= 0.6 is 0 Å². The number of primary sulfonamides is 1. The van der Waals surface area contributed by atoms with Crippen molar-refractivity contribution >= 4 is 10.0 Å². The lowest BCUT2D eigenvalue weighted by atomic mass is 9.84. The Balaban J connectivity index is 2.57. The molecule has 0 fully saturated rings. The van der Waals surface area contributed by atoms with Crippen LogP contribution in [0.3, 0.4) is 0 Å².